The van der Waals surface area contributed by atoms with Crippen LogP contribution in [0.2, 0.25) is 0 Å². The summed E-state index contributed by atoms with van der Waals surface area (Å²) >= 11 is 0. The van der Waals surface area contributed by atoms with Gasteiger partial charge in [0.25, 0.3) is 5.91 Å². The predicted octanol–water partition coefficient (Wildman–Crippen LogP) is 1.67. The molecule has 1 amide bonds. The van der Waals surface area contributed by atoms with E-state index in [-0.39, 0.29) is 5.91 Å². The van der Waals surface area contributed by atoms with Crippen molar-refractivity contribution in [1.29, 1.82) is 0 Å². The maximum atomic E-state index is 12.1. The minimum absolute atomic E-state index is 0.0695. The minimum Gasteiger partial charge on any atom is -0.358 e. The molecule has 3 nitrogen and oxygen atoms in total. The number of hydrogen-bond donors (Lipinski definition) is 2. The van der Waals surface area contributed by atoms with Gasteiger partial charge in [0, 0.05) is 6.42 Å². The van der Waals surface area contributed by atoms with Crippen LogP contribution in [0.1, 0.15) is 30.0 Å². The number of fused-ring (bicyclic) bond motifs is 1. The number of carbonyl (C=O) groups is 1. The largest absolute Gasteiger partial charge is 0.358 e. The van der Waals surface area contributed by atoms with Crippen LogP contribution < -0.4 is 10.6 Å². The van der Waals surface area contributed by atoms with Gasteiger partial charge in [-0.25, -0.2) is 0 Å². The first-order valence-electron chi connectivity index (χ1n) is 6.53. The summed E-state index contributed by atoms with van der Waals surface area (Å²) in [4.78, 5) is 12.1. The van der Waals surface area contributed by atoms with Gasteiger partial charge in [-0.3, -0.25) is 4.79 Å². The maximum Gasteiger partial charge on any atom is 0.251 e. The van der Waals surface area contributed by atoms with E-state index >= 15 is 0 Å². The van der Waals surface area contributed by atoms with Crippen molar-refractivity contribution in [2.45, 2.75) is 38.1 Å². The molecule has 2 N–H and O–H groups in total. The van der Waals surface area contributed by atoms with E-state index < -0.39 is 5.54 Å². The molecule has 2 aliphatic rings. The molecule has 1 atom stereocenters. The highest BCUT2D eigenvalue weighted by molar-refractivity contribution is 5.91. The first-order valence-corrected chi connectivity index (χ1v) is 6.53. The Balaban J connectivity index is 1.99. The summed E-state index contributed by atoms with van der Waals surface area (Å²) in [6, 6.07) is 6.43. The monoisotopic (exact) mass is 242 g/mol. The highest BCUT2D eigenvalue weighted by Gasteiger charge is 2.45. The molecule has 18 heavy (non-hydrogen) atoms. The number of hydrogen-bond acceptors (Lipinski definition) is 2. The molecule has 1 fully saturated rings. The molecule has 3 rings (SSSR count). The fraction of sp³-hybridized carbons (Fsp3) is 0.400. The van der Waals surface area contributed by atoms with E-state index in [9.17, 15) is 4.79 Å². The number of amides is 1. The van der Waals surface area contributed by atoms with Crippen LogP contribution in [-0.2, 0) is 24.1 Å². The van der Waals surface area contributed by atoms with Crippen LogP contribution in [0.15, 0.2) is 30.6 Å². The summed E-state index contributed by atoms with van der Waals surface area (Å²) < 4.78 is 0. The van der Waals surface area contributed by atoms with Gasteiger partial charge in [0.1, 0.15) is 5.54 Å². The van der Waals surface area contributed by atoms with Gasteiger partial charge in [-0.2, -0.15) is 0 Å². The Kier molecular flexibility index (Phi) is 2.44. The van der Waals surface area contributed by atoms with E-state index in [0.717, 1.165) is 25.7 Å². The molecule has 1 unspecified atom stereocenters. The summed E-state index contributed by atoms with van der Waals surface area (Å²) in [5.41, 5.74) is 3.70. The number of carbonyl (C=O) groups excluding carboxylic acids is 1. The molecule has 94 valence electrons. The first kappa shape index (κ1) is 11.3. The van der Waals surface area contributed by atoms with Crippen molar-refractivity contribution in [3.05, 3.63) is 47.3 Å². The number of nitrogens with one attached hydrogen (secondary N) is 2. The molecule has 1 aliphatic heterocycles. The third-order valence-corrected chi connectivity index (χ3v) is 4.13. The lowest BCUT2D eigenvalue weighted by atomic mass is 9.76. The zero-order valence-corrected chi connectivity index (χ0v) is 10.7. The lowest BCUT2D eigenvalue weighted by molar-refractivity contribution is -0.124. The molecule has 0 bridgehead atoms. The van der Waals surface area contributed by atoms with Crippen LogP contribution in [0.25, 0.3) is 0 Å². The van der Waals surface area contributed by atoms with E-state index in [1.54, 1.807) is 0 Å². The van der Waals surface area contributed by atoms with Gasteiger partial charge in [-0.05, 0) is 36.0 Å². The Morgan fingerprint density at radius 1 is 1.44 bits per heavy atom. The van der Waals surface area contributed by atoms with Gasteiger partial charge in [-0.15, -0.1) is 0 Å². The fourth-order valence-corrected chi connectivity index (χ4v) is 3.19. The quantitative estimate of drug-likeness (QED) is 0.786. The third kappa shape index (κ3) is 1.54. The van der Waals surface area contributed by atoms with Crippen molar-refractivity contribution >= 4 is 5.91 Å². The summed E-state index contributed by atoms with van der Waals surface area (Å²) in [5, 5.41) is 6.03. The average Bonchev–Trinajstić information content (AvgIpc) is 2.62. The first-order chi connectivity index (χ1) is 8.64. The lowest BCUT2D eigenvalue weighted by Crippen LogP contribution is -2.50. The Hall–Kier alpha value is -1.77. The summed E-state index contributed by atoms with van der Waals surface area (Å²) in [7, 11) is 0. The summed E-state index contributed by atoms with van der Waals surface area (Å²) in [5.74, 6) is 0.704. The van der Waals surface area contributed by atoms with Crippen LogP contribution in [-0.4, -0.2) is 11.4 Å². The van der Waals surface area contributed by atoms with Crippen LogP contribution in [0.3, 0.4) is 0 Å². The van der Waals surface area contributed by atoms with Crippen molar-refractivity contribution in [1.82, 2.24) is 10.6 Å². The lowest BCUT2D eigenvalue weighted by Gasteiger charge is -2.33. The van der Waals surface area contributed by atoms with E-state index in [1.165, 1.54) is 16.7 Å². The molecule has 1 aromatic rings. The minimum atomic E-state index is -0.462. The Morgan fingerprint density at radius 3 is 2.94 bits per heavy atom. The third-order valence-electron chi connectivity index (χ3n) is 4.13. The normalized spacial score (nSPS) is 25.8. The average molecular weight is 242 g/mol. The second-order valence-electron chi connectivity index (χ2n) is 5.22. The number of aryl methyl sites for hydroxylation is 1. The molecule has 0 saturated carbocycles. The molecule has 3 heteroatoms. The molecule has 0 radical (unpaired) electrons. The molecular formula is C15H18N2O. The second kappa shape index (κ2) is 3.87. The van der Waals surface area contributed by atoms with Gasteiger partial charge in [0.05, 0.1) is 5.82 Å². The SMILES string of the molecule is C=C1NC(=O)C2(CCc3c(CC)cccc3C2)N1. The molecule has 0 aromatic heterocycles. The van der Waals surface area contributed by atoms with E-state index in [2.05, 4.69) is 42.3 Å². The van der Waals surface area contributed by atoms with Gasteiger partial charge in [0.15, 0.2) is 0 Å². The smallest absolute Gasteiger partial charge is 0.251 e. The van der Waals surface area contributed by atoms with Crippen molar-refractivity contribution in [3.8, 4) is 0 Å². The van der Waals surface area contributed by atoms with Gasteiger partial charge in [-0.1, -0.05) is 31.7 Å². The zero-order valence-electron chi connectivity index (χ0n) is 10.7. The van der Waals surface area contributed by atoms with E-state index in [0.29, 0.717) is 5.82 Å². The Labute approximate surface area is 107 Å². The Morgan fingerprint density at radius 2 is 2.28 bits per heavy atom. The van der Waals surface area contributed by atoms with Crippen molar-refractivity contribution in [2.75, 3.05) is 0 Å². The highest BCUT2D eigenvalue weighted by atomic mass is 16.2. The molecule has 1 aliphatic carbocycles. The van der Waals surface area contributed by atoms with Gasteiger partial charge >= 0.3 is 0 Å². The molecular weight excluding hydrogens is 224 g/mol. The summed E-state index contributed by atoms with van der Waals surface area (Å²) in [6.07, 6.45) is 3.64. The number of benzene rings is 1. The zero-order chi connectivity index (χ0) is 12.8. The van der Waals surface area contributed by atoms with Crippen molar-refractivity contribution < 1.29 is 4.79 Å². The van der Waals surface area contributed by atoms with E-state index in [1.807, 2.05) is 0 Å². The fourth-order valence-electron chi connectivity index (χ4n) is 3.19. The maximum absolute atomic E-state index is 12.1. The second-order valence-corrected chi connectivity index (χ2v) is 5.22. The molecule has 1 saturated heterocycles. The molecule has 1 heterocycles. The number of rotatable bonds is 1. The standard InChI is InChI=1S/C15H18N2O/c1-3-11-5-4-6-12-9-15(8-7-13(11)12)14(18)16-10(2)17-15/h4-6,17H,2-3,7-9H2,1H3,(H,16,18). The van der Waals surface area contributed by atoms with Gasteiger partial charge < -0.3 is 10.6 Å². The van der Waals surface area contributed by atoms with Gasteiger partial charge in [0.2, 0.25) is 0 Å². The Bertz CT molecular complexity index is 535. The highest BCUT2D eigenvalue weighted by Crippen LogP contribution is 2.33. The summed E-state index contributed by atoms with van der Waals surface area (Å²) in [6.45, 7) is 5.98. The predicted molar refractivity (Wildman–Crippen MR) is 71.0 cm³/mol. The van der Waals surface area contributed by atoms with E-state index in [4.69, 9.17) is 0 Å². The van der Waals surface area contributed by atoms with Crippen LogP contribution in [0.5, 0.6) is 0 Å². The van der Waals surface area contributed by atoms with Crippen molar-refractivity contribution in [2.24, 2.45) is 0 Å². The van der Waals surface area contributed by atoms with Crippen LogP contribution >= 0.6 is 0 Å². The van der Waals surface area contributed by atoms with Crippen LogP contribution in [0, 0.1) is 0 Å². The molecule has 1 aromatic carbocycles. The van der Waals surface area contributed by atoms with Crippen molar-refractivity contribution in [3.63, 3.8) is 0 Å². The topological polar surface area (TPSA) is 41.1 Å². The van der Waals surface area contributed by atoms with Crippen LogP contribution in [0.4, 0.5) is 0 Å². The molecule has 1 spiro atoms.